The van der Waals surface area contributed by atoms with Gasteiger partial charge in [-0.3, -0.25) is 9.78 Å². The van der Waals surface area contributed by atoms with Gasteiger partial charge in [0, 0.05) is 6.20 Å². The molecule has 2 aromatic rings. The van der Waals surface area contributed by atoms with E-state index in [4.69, 9.17) is 4.74 Å². The Balaban J connectivity index is 2.04. The van der Waals surface area contributed by atoms with E-state index in [1.165, 1.54) is 13.3 Å². The van der Waals surface area contributed by atoms with E-state index in [9.17, 15) is 4.79 Å². The molecule has 1 amide bonds. The molecule has 0 saturated carbocycles. The van der Waals surface area contributed by atoms with Gasteiger partial charge in [-0.15, -0.1) is 0 Å². The molecule has 96 valence electrons. The van der Waals surface area contributed by atoms with E-state index in [1.807, 2.05) is 12.1 Å². The zero-order valence-electron chi connectivity index (χ0n) is 10.4. The third-order valence-electron chi connectivity index (χ3n) is 2.40. The van der Waals surface area contributed by atoms with Crippen molar-refractivity contribution in [3.8, 4) is 5.75 Å². The van der Waals surface area contributed by atoms with Gasteiger partial charge in [0.25, 0.3) is 5.91 Å². The summed E-state index contributed by atoms with van der Waals surface area (Å²) in [4.78, 5) is 15.9. The van der Waals surface area contributed by atoms with Crippen LogP contribution in [0.15, 0.2) is 53.8 Å². The summed E-state index contributed by atoms with van der Waals surface area (Å²) in [5.41, 5.74) is 3.54. The number of hydrogen-bond donors (Lipinski definition) is 1. The second-order valence-corrected chi connectivity index (χ2v) is 3.65. The number of benzene rings is 1. The van der Waals surface area contributed by atoms with Crippen molar-refractivity contribution in [3.63, 3.8) is 0 Å². The van der Waals surface area contributed by atoms with Gasteiger partial charge in [-0.25, -0.2) is 5.43 Å². The minimum Gasteiger partial charge on any atom is -0.496 e. The Morgan fingerprint density at radius 3 is 2.79 bits per heavy atom. The van der Waals surface area contributed by atoms with Gasteiger partial charge in [-0.2, -0.15) is 5.10 Å². The number of ether oxygens (including phenoxy) is 1. The smallest absolute Gasteiger partial charge is 0.275 e. The van der Waals surface area contributed by atoms with E-state index in [0.717, 1.165) is 0 Å². The van der Waals surface area contributed by atoms with Crippen molar-refractivity contribution in [2.45, 2.75) is 0 Å². The summed E-state index contributed by atoms with van der Waals surface area (Å²) in [6.45, 7) is 0. The maximum atomic E-state index is 11.9. The van der Waals surface area contributed by atoms with E-state index in [0.29, 0.717) is 17.0 Å². The van der Waals surface area contributed by atoms with E-state index in [1.54, 1.807) is 36.5 Å². The lowest BCUT2D eigenvalue weighted by molar-refractivity contribution is 0.0952. The topological polar surface area (TPSA) is 63.6 Å². The number of nitrogens with one attached hydrogen (secondary N) is 1. The first-order valence-corrected chi connectivity index (χ1v) is 5.68. The minimum absolute atomic E-state index is 0.329. The molecule has 0 radical (unpaired) electrons. The number of rotatable bonds is 4. The first-order valence-electron chi connectivity index (χ1n) is 5.68. The number of pyridine rings is 1. The zero-order valence-corrected chi connectivity index (χ0v) is 10.4. The second-order valence-electron chi connectivity index (χ2n) is 3.65. The molecule has 0 spiro atoms. The summed E-state index contributed by atoms with van der Waals surface area (Å²) in [6.07, 6.45) is 3.14. The molecule has 0 aliphatic rings. The maximum Gasteiger partial charge on any atom is 0.275 e. The van der Waals surface area contributed by atoms with Crippen LogP contribution in [0.3, 0.4) is 0 Å². The molecule has 1 N–H and O–H groups in total. The fourth-order valence-corrected chi connectivity index (χ4v) is 1.50. The fraction of sp³-hybridized carbons (Fsp3) is 0.0714. The quantitative estimate of drug-likeness (QED) is 0.670. The first kappa shape index (κ1) is 12.8. The highest BCUT2D eigenvalue weighted by Gasteiger charge is 2.09. The van der Waals surface area contributed by atoms with Crippen LogP contribution in [0.25, 0.3) is 0 Å². The van der Waals surface area contributed by atoms with Crippen molar-refractivity contribution >= 4 is 12.1 Å². The molecular weight excluding hydrogens is 242 g/mol. The summed E-state index contributed by atoms with van der Waals surface area (Å²) < 4.78 is 5.11. The van der Waals surface area contributed by atoms with Crippen molar-refractivity contribution in [2.24, 2.45) is 5.10 Å². The number of aromatic nitrogens is 1. The normalized spacial score (nSPS) is 10.4. The molecule has 0 aliphatic carbocycles. The van der Waals surface area contributed by atoms with Gasteiger partial charge >= 0.3 is 0 Å². The molecule has 1 heterocycles. The van der Waals surface area contributed by atoms with Gasteiger partial charge in [-0.05, 0) is 24.3 Å². The van der Waals surface area contributed by atoms with Gasteiger partial charge in [0.15, 0.2) is 0 Å². The summed E-state index contributed by atoms with van der Waals surface area (Å²) in [7, 11) is 1.52. The van der Waals surface area contributed by atoms with Crippen LogP contribution in [-0.2, 0) is 0 Å². The lowest BCUT2D eigenvalue weighted by Crippen LogP contribution is -2.18. The fourth-order valence-electron chi connectivity index (χ4n) is 1.50. The number of methoxy groups -OCH3 is 1. The third kappa shape index (κ3) is 3.38. The van der Waals surface area contributed by atoms with Crippen LogP contribution in [-0.4, -0.2) is 24.2 Å². The molecule has 0 bridgehead atoms. The Morgan fingerprint density at radius 2 is 2.05 bits per heavy atom. The maximum absolute atomic E-state index is 11.9. The van der Waals surface area contributed by atoms with Crippen molar-refractivity contribution in [2.75, 3.05) is 7.11 Å². The number of amides is 1. The number of carbonyl (C=O) groups excluding carboxylic acids is 1. The molecule has 1 aromatic heterocycles. The standard InChI is InChI=1S/C14H13N3O2/c1-19-13-8-3-2-7-12(13)14(18)17-16-10-11-6-4-5-9-15-11/h2-10H,1H3,(H,17,18)/b16-10+. The van der Waals surface area contributed by atoms with Gasteiger partial charge in [-0.1, -0.05) is 18.2 Å². The molecule has 2 rings (SSSR count). The van der Waals surface area contributed by atoms with E-state index in [2.05, 4.69) is 15.5 Å². The average Bonchev–Trinajstić information content (AvgIpc) is 2.48. The van der Waals surface area contributed by atoms with E-state index >= 15 is 0 Å². The highest BCUT2D eigenvalue weighted by Crippen LogP contribution is 2.16. The van der Waals surface area contributed by atoms with Crippen LogP contribution in [0.2, 0.25) is 0 Å². The monoisotopic (exact) mass is 255 g/mol. The molecule has 0 fully saturated rings. The van der Waals surface area contributed by atoms with Crippen LogP contribution < -0.4 is 10.2 Å². The van der Waals surface area contributed by atoms with Gasteiger partial charge in [0.1, 0.15) is 5.75 Å². The number of hydrazone groups is 1. The Labute approximate surface area is 110 Å². The zero-order chi connectivity index (χ0) is 13.5. The molecule has 19 heavy (non-hydrogen) atoms. The summed E-state index contributed by atoms with van der Waals surface area (Å²) in [6, 6.07) is 12.4. The average molecular weight is 255 g/mol. The SMILES string of the molecule is COc1ccccc1C(=O)N/N=C/c1ccccn1. The number of hydrogen-bond acceptors (Lipinski definition) is 4. The van der Waals surface area contributed by atoms with Crippen molar-refractivity contribution in [3.05, 3.63) is 59.9 Å². The van der Waals surface area contributed by atoms with Gasteiger partial charge < -0.3 is 4.74 Å². The Bertz CT molecular complexity index is 582. The predicted octanol–water partition coefficient (Wildman–Crippen LogP) is 1.85. The molecule has 1 aromatic carbocycles. The predicted molar refractivity (Wildman–Crippen MR) is 72.3 cm³/mol. The van der Waals surface area contributed by atoms with Crippen LogP contribution in [0, 0.1) is 0 Å². The van der Waals surface area contributed by atoms with Gasteiger partial charge in [0.2, 0.25) is 0 Å². The first-order chi connectivity index (χ1) is 9.31. The Kier molecular flexibility index (Phi) is 4.23. The third-order valence-corrected chi connectivity index (χ3v) is 2.40. The molecule has 0 saturated heterocycles. The minimum atomic E-state index is -0.329. The number of nitrogens with zero attached hydrogens (tertiary/aromatic N) is 2. The Hall–Kier alpha value is -2.69. The number of carbonyl (C=O) groups is 1. The number of para-hydroxylation sites is 1. The van der Waals surface area contributed by atoms with Crippen LogP contribution in [0.1, 0.15) is 16.1 Å². The van der Waals surface area contributed by atoms with Crippen molar-refractivity contribution in [1.29, 1.82) is 0 Å². The van der Waals surface area contributed by atoms with Crippen molar-refractivity contribution in [1.82, 2.24) is 10.4 Å². The highest BCUT2D eigenvalue weighted by atomic mass is 16.5. The molecule has 5 heteroatoms. The summed E-state index contributed by atoms with van der Waals surface area (Å²) in [5, 5.41) is 3.85. The summed E-state index contributed by atoms with van der Waals surface area (Å²) >= 11 is 0. The van der Waals surface area contributed by atoms with Crippen molar-refractivity contribution < 1.29 is 9.53 Å². The molecular formula is C14H13N3O2. The van der Waals surface area contributed by atoms with Crippen LogP contribution in [0.5, 0.6) is 5.75 Å². The Morgan fingerprint density at radius 1 is 1.26 bits per heavy atom. The lowest BCUT2D eigenvalue weighted by Gasteiger charge is -2.05. The molecule has 0 aliphatic heterocycles. The second kappa shape index (κ2) is 6.30. The van der Waals surface area contributed by atoms with Crippen LogP contribution >= 0.6 is 0 Å². The largest absolute Gasteiger partial charge is 0.496 e. The van der Waals surface area contributed by atoms with E-state index in [-0.39, 0.29) is 5.91 Å². The molecule has 0 atom stereocenters. The lowest BCUT2D eigenvalue weighted by atomic mass is 10.2. The van der Waals surface area contributed by atoms with Crippen LogP contribution in [0.4, 0.5) is 0 Å². The van der Waals surface area contributed by atoms with Gasteiger partial charge in [0.05, 0.1) is 24.6 Å². The molecule has 0 unspecified atom stereocenters. The van der Waals surface area contributed by atoms with E-state index < -0.39 is 0 Å². The highest BCUT2D eigenvalue weighted by molar-refractivity contribution is 5.97. The summed E-state index contributed by atoms with van der Waals surface area (Å²) in [5.74, 6) is 0.178. The molecule has 5 nitrogen and oxygen atoms in total.